The van der Waals surface area contributed by atoms with Crippen molar-refractivity contribution in [3.63, 3.8) is 0 Å². The fraction of sp³-hybridized carbons (Fsp3) is 0.882. The summed E-state index contributed by atoms with van der Waals surface area (Å²) in [6.45, 7) is 10.6. The van der Waals surface area contributed by atoms with Crippen LogP contribution in [0, 0.1) is 5.21 Å². The molecule has 2 heterocycles. The summed E-state index contributed by atoms with van der Waals surface area (Å²) in [6.07, 6.45) is 6.05. The molecule has 1 aliphatic heterocycles. The van der Waals surface area contributed by atoms with E-state index in [1.807, 2.05) is 7.05 Å². The van der Waals surface area contributed by atoms with Gasteiger partial charge in [0.25, 0.3) is 0 Å². The van der Waals surface area contributed by atoms with E-state index in [4.69, 9.17) is 0 Å². The SMILES string of the molecule is CCCCCCCNC1CN(C)C[N+]1([O-])c1nnc(C(C)(C)C)s1. The zero-order valence-corrected chi connectivity index (χ0v) is 16.7. The first-order valence-electron chi connectivity index (χ1n) is 9.12. The number of unbranched alkanes of at least 4 members (excludes halogenated alkanes) is 4. The van der Waals surface area contributed by atoms with Crippen LogP contribution in [0.25, 0.3) is 0 Å². The third kappa shape index (κ3) is 4.73. The Morgan fingerprint density at radius 3 is 2.58 bits per heavy atom. The molecule has 0 aromatic carbocycles. The molecule has 1 aromatic heterocycles. The molecule has 138 valence electrons. The molecule has 1 aliphatic rings. The topological polar surface area (TPSA) is 64.1 Å². The molecular weight excluding hydrogens is 322 g/mol. The van der Waals surface area contributed by atoms with Crippen molar-refractivity contribution in [3.05, 3.63) is 10.2 Å². The van der Waals surface area contributed by atoms with Gasteiger partial charge in [-0.25, -0.2) is 0 Å². The summed E-state index contributed by atoms with van der Waals surface area (Å²) >= 11 is 1.46. The normalized spacial score (nSPS) is 25.5. The van der Waals surface area contributed by atoms with E-state index in [9.17, 15) is 5.21 Å². The van der Waals surface area contributed by atoms with Gasteiger partial charge in [-0.3, -0.25) is 14.9 Å². The highest BCUT2D eigenvalue weighted by atomic mass is 32.1. The van der Waals surface area contributed by atoms with Gasteiger partial charge in [-0.1, -0.05) is 58.5 Å². The van der Waals surface area contributed by atoms with Gasteiger partial charge in [0.15, 0.2) is 6.17 Å². The second kappa shape index (κ2) is 8.19. The van der Waals surface area contributed by atoms with Gasteiger partial charge in [0.1, 0.15) is 11.7 Å². The average Bonchev–Trinajstić information content (AvgIpc) is 3.08. The summed E-state index contributed by atoms with van der Waals surface area (Å²) in [5, 5.41) is 27.0. The molecule has 2 unspecified atom stereocenters. The third-order valence-corrected chi connectivity index (χ3v) is 5.94. The number of nitrogens with zero attached hydrogens (tertiary/aromatic N) is 4. The number of hydrogen-bond donors (Lipinski definition) is 1. The Balaban J connectivity index is 1.98. The number of hydroxylamine groups is 2. The van der Waals surface area contributed by atoms with Crippen molar-refractivity contribution in [1.82, 2.24) is 25.1 Å². The Morgan fingerprint density at radius 2 is 1.96 bits per heavy atom. The highest BCUT2D eigenvalue weighted by Crippen LogP contribution is 2.36. The Morgan fingerprint density at radius 1 is 1.25 bits per heavy atom. The predicted molar refractivity (Wildman–Crippen MR) is 102 cm³/mol. The van der Waals surface area contributed by atoms with E-state index in [0.717, 1.165) is 24.5 Å². The fourth-order valence-corrected chi connectivity index (χ4v) is 4.00. The summed E-state index contributed by atoms with van der Waals surface area (Å²) in [7, 11) is 2.00. The summed E-state index contributed by atoms with van der Waals surface area (Å²) in [5.41, 5.74) is -0.0666. The Bertz CT molecular complexity index is 515. The van der Waals surface area contributed by atoms with Crippen LogP contribution in [0.3, 0.4) is 0 Å². The number of rotatable bonds is 8. The van der Waals surface area contributed by atoms with Crippen molar-refractivity contribution in [2.24, 2.45) is 0 Å². The van der Waals surface area contributed by atoms with Crippen LogP contribution in [0.4, 0.5) is 5.13 Å². The van der Waals surface area contributed by atoms with Gasteiger partial charge in [-0.2, -0.15) is 0 Å². The van der Waals surface area contributed by atoms with Crippen molar-refractivity contribution in [3.8, 4) is 0 Å². The largest absolute Gasteiger partial charge is 0.623 e. The van der Waals surface area contributed by atoms with Crippen molar-refractivity contribution >= 4 is 16.5 Å². The second-order valence-electron chi connectivity index (χ2n) is 8.00. The van der Waals surface area contributed by atoms with E-state index < -0.39 is 4.65 Å². The first-order chi connectivity index (χ1) is 11.3. The van der Waals surface area contributed by atoms with Gasteiger partial charge >= 0.3 is 5.13 Å². The van der Waals surface area contributed by atoms with Crippen LogP contribution in [0.2, 0.25) is 0 Å². The van der Waals surface area contributed by atoms with E-state index >= 15 is 0 Å². The van der Waals surface area contributed by atoms with E-state index in [1.54, 1.807) is 0 Å². The minimum atomic E-state index is -0.417. The van der Waals surface area contributed by atoms with Gasteiger partial charge in [0.05, 0.1) is 6.54 Å². The average molecular weight is 356 g/mol. The van der Waals surface area contributed by atoms with E-state index in [-0.39, 0.29) is 11.6 Å². The van der Waals surface area contributed by atoms with E-state index in [0.29, 0.717) is 11.8 Å². The zero-order chi connectivity index (χ0) is 17.8. The number of likely N-dealkylation sites (N-methyl/N-ethyl adjacent to an activating group) is 1. The maximum absolute atomic E-state index is 13.5. The molecule has 2 atom stereocenters. The highest BCUT2D eigenvalue weighted by molar-refractivity contribution is 7.15. The molecule has 0 amide bonds. The molecule has 24 heavy (non-hydrogen) atoms. The fourth-order valence-electron chi connectivity index (χ4n) is 3.02. The summed E-state index contributed by atoms with van der Waals surface area (Å²) in [6, 6.07) is 0. The van der Waals surface area contributed by atoms with Crippen molar-refractivity contribution in [2.45, 2.75) is 71.4 Å². The van der Waals surface area contributed by atoms with Crippen LogP contribution in [0.5, 0.6) is 0 Å². The highest BCUT2D eigenvalue weighted by Gasteiger charge is 2.42. The van der Waals surface area contributed by atoms with Crippen LogP contribution in [-0.4, -0.2) is 48.1 Å². The number of nitrogens with one attached hydrogen (secondary N) is 1. The maximum Gasteiger partial charge on any atom is 0.309 e. The lowest BCUT2D eigenvalue weighted by Gasteiger charge is -2.39. The Kier molecular flexibility index (Phi) is 6.73. The smallest absolute Gasteiger partial charge is 0.309 e. The molecule has 1 saturated heterocycles. The molecule has 1 fully saturated rings. The van der Waals surface area contributed by atoms with Gasteiger partial charge in [0, 0.05) is 12.0 Å². The molecule has 0 bridgehead atoms. The molecular formula is C17H33N5OS. The predicted octanol–water partition coefficient (Wildman–Crippen LogP) is 3.43. The van der Waals surface area contributed by atoms with Crippen molar-refractivity contribution < 1.29 is 0 Å². The Hall–Kier alpha value is -0.600. The minimum Gasteiger partial charge on any atom is -0.623 e. The first kappa shape index (κ1) is 19.7. The minimum absolute atomic E-state index is 0.0666. The van der Waals surface area contributed by atoms with Crippen molar-refractivity contribution in [2.75, 3.05) is 26.8 Å². The molecule has 7 heteroatoms. The van der Waals surface area contributed by atoms with Gasteiger partial charge < -0.3 is 5.21 Å². The lowest BCUT2D eigenvalue weighted by molar-refractivity contribution is 0.286. The molecule has 1 N–H and O–H groups in total. The molecule has 2 rings (SSSR count). The quantitative estimate of drug-likeness (QED) is 0.440. The standard InChI is InChI=1S/C17H33N5OS/c1-6-7-8-9-10-11-18-14-12-21(5)13-22(14,23)16-20-19-15(24-16)17(2,3)4/h14,18H,6-13H2,1-5H3. The van der Waals surface area contributed by atoms with Crippen LogP contribution in [0.1, 0.15) is 64.8 Å². The number of quaternary nitrogens is 1. The zero-order valence-electron chi connectivity index (χ0n) is 15.8. The van der Waals surface area contributed by atoms with Gasteiger partial charge in [-0.05, 0) is 24.8 Å². The van der Waals surface area contributed by atoms with Crippen LogP contribution < -0.4 is 9.96 Å². The van der Waals surface area contributed by atoms with Crippen molar-refractivity contribution in [1.29, 1.82) is 0 Å². The summed E-state index contributed by atoms with van der Waals surface area (Å²) in [5.74, 6) is 0. The number of aromatic nitrogens is 2. The molecule has 6 nitrogen and oxygen atoms in total. The van der Waals surface area contributed by atoms with Gasteiger partial charge in [-0.15, -0.1) is 5.10 Å². The van der Waals surface area contributed by atoms with E-state index in [1.165, 1.54) is 37.0 Å². The molecule has 0 aliphatic carbocycles. The van der Waals surface area contributed by atoms with E-state index in [2.05, 4.69) is 48.1 Å². The van der Waals surface area contributed by atoms with Crippen LogP contribution in [-0.2, 0) is 5.41 Å². The molecule has 0 spiro atoms. The third-order valence-electron chi connectivity index (χ3n) is 4.48. The summed E-state index contributed by atoms with van der Waals surface area (Å²) in [4.78, 5) is 2.08. The Labute approximate surface area is 150 Å². The maximum atomic E-state index is 13.5. The molecule has 0 saturated carbocycles. The lowest BCUT2D eigenvalue weighted by Crippen LogP contribution is -2.56. The first-order valence-corrected chi connectivity index (χ1v) is 9.94. The molecule has 0 radical (unpaired) electrons. The number of hydrogen-bond acceptors (Lipinski definition) is 6. The van der Waals surface area contributed by atoms with Crippen LogP contribution in [0.15, 0.2) is 0 Å². The monoisotopic (exact) mass is 355 g/mol. The molecule has 1 aromatic rings. The summed E-state index contributed by atoms with van der Waals surface area (Å²) < 4.78 is -0.417. The van der Waals surface area contributed by atoms with Gasteiger partial charge in [0.2, 0.25) is 0 Å². The van der Waals surface area contributed by atoms with Crippen LogP contribution >= 0.6 is 11.3 Å². The lowest BCUT2D eigenvalue weighted by atomic mass is 9.98. The second-order valence-corrected chi connectivity index (χ2v) is 8.96.